The van der Waals surface area contributed by atoms with E-state index in [1.165, 1.54) is 0 Å². The minimum absolute atomic E-state index is 0.384. The third-order valence-corrected chi connectivity index (χ3v) is 3.76. The molecule has 0 aliphatic rings. The van der Waals surface area contributed by atoms with Crippen molar-refractivity contribution in [3.8, 4) is 0 Å². The Morgan fingerprint density at radius 1 is 0.800 bits per heavy atom. The highest BCUT2D eigenvalue weighted by molar-refractivity contribution is 5.40. The van der Waals surface area contributed by atoms with E-state index in [2.05, 4.69) is 6.92 Å². The molecule has 105 valence electrons. The molecule has 1 atom stereocenters. The van der Waals surface area contributed by atoms with Gasteiger partial charge >= 0.3 is 6.18 Å². The van der Waals surface area contributed by atoms with Crippen LogP contribution in [-0.4, -0.2) is 0 Å². The first kappa shape index (κ1) is 14.6. The first-order chi connectivity index (χ1) is 9.38. The zero-order valence-electron chi connectivity index (χ0n) is 11.2. The zero-order valence-corrected chi connectivity index (χ0v) is 11.2. The number of benzene rings is 2. The average molecular weight is 277 g/mol. The molecule has 1 radical (unpaired) electrons. The number of hydrogen-bond acceptors (Lipinski definition) is 0. The van der Waals surface area contributed by atoms with E-state index in [1.807, 2.05) is 37.3 Å². The van der Waals surface area contributed by atoms with E-state index in [4.69, 9.17) is 0 Å². The minimum Gasteiger partial charge on any atom is -0.166 e. The number of halogens is 3. The third kappa shape index (κ3) is 2.72. The Labute approximate surface area is 117 Å². The van der Waals surface area contributed by atoms with E-state index in [0.717, 1.165) is 23.3 Å². The molecule has 0 heterocycles. The maximum Gasteiger partial charge on any atom is 0.416 e. The number of hydrogen-bond donors (Lipinski definition) is 0. The van der Waals surface area contributed by atoms with Crippen LogP contribution in [0.4, 0.5) is 13.2 Å². The first-order valence-electron chi connectivity index (χ1n) is 6.40. The fourth-order valence-electron chi connectivity index (χ4n) is 2.29. The van der Waals surface area contributed by atoms with Crippen molar-refractivity contribution in [2.24, 2.45) is 0 Å². The lowest BCUT2D eigenvalue weighted by Gasteiger charge is -2.30. The van der Waals surface area contributed by atoms with Gasteiger partial charge in [0.1, 0.15) is 0 Å². The topological polar surface area (TPSA) is 0 Å². The summed E-state index contributed by atoms with van der Waals surface area (Å²) in [6.07, 6.45) is -3.73. The van der Waals surface area contributed by atoms with E-state index in [0.29, 0.717) is 6.42 Å². The van der Waals surface area contributed by atoms with Crippen molar-refractivity contribution < 1.29 is 13.2 Å². The van der Waals surface area contributed by atoms with E-state index in [9.17, 15) is 13.2 Å². The van der Waals surface area contributed by atoms with E-state index in [-0.39, 0.29) is 5.41 Å². The smallest absolute Gasteiger partial charge is 0.166 e. The molecule has 0 aliphatic heterocycles. The second kappa shape index (κ2) is 5.31. The molecule has 2 aromatic rings. The molecular weight excluding hydrogens is 261 g/mol. The van der Waals surface area contributed by atoms with Gasteiger partial charge in [-0.1, -0.05) is 56.3 Å². The molecule has 0 amide bonds. The highest BCUT2D eigenvalue weighted by Crippen LogP contribution is 2.36. The molecule has 0 spiro atoms. The summed E-state index contributed by atoms with van der Waals surface area (Å²) in [5, 5.41) is 0. The highest BCUT2D eigenvalue weighted by Gasteiger charge is 2.32. The van der Waals surface area contributed by atoms with Crippen LogP contribution in [-0.2, 0) is 11.6 Å². The monoisotopic (exact) mass is 277 g/mol. The largest absolute Gasteiger partial charge is 0.416 e. The van der Waals surface area contributed by atoms with Crippen LogP contribution in [0.25, 0.3) is 0 Å². The van der Waals surface area contributed by atoms with Gasteiger partial charge in [-0.05, 0) is 29.7 Å². The van der Waals surface area contributed by atoms with Crippen LogP contribution in [0.2, 0.25) is 0 Å². The van der Waals surface area contributed by atoms with Gasteiger partial charge in [0, 0.05) is 5.41 Å². The summed E-state index contributed by atoms with van der Waals surface area (Å²) in [5.41, 5.74) is 0.882. The van der Waals surface area contributed by atoms with Crippen molar-refractivity contribution in [1.82, 2.24) is 0 Å². The fraction of sp³-hybridized carbons (Fsp3) is 0.235. The van der Waals surface area contributed by atoms with Crippen molar-refractivity contribution in [2.45, 2.75) is 24.9 Å². The molecule has 0 aliphatic carbocycles. The van der Waals surface area contributed by atoms with Gasteiger partial charge in [-0.3, -0.25) is 0 Å². The van der Waals surface area contributed by atoms with Gasteiger partial charge in [-0.2, -0.15) is 13.2 Å². The standard InChI is InChI=1S/C17H16F3/c1-3-16(2,13-7-5-4-6-8-13)14-9-11-15(12-10-14)17(18,19)20/h4-12H,1,3H2,2H3. The summed E-state index contributed by atoms with van der Waals surface area (Å²) >= 11 is 0. The molecule has 0 aromatic heterocycles. The molecule has 0 saturated carbocycles. The van der Waals surface area contributed by atoms with Crippen molar-refractivity contribution in [1.29, 1.82) is 0 Å². The molecule has 1 unspecified atom stereocenters. The summed E-state index contributed by atoms with van der Waals surface area (Å²) in [6.45, 7) is 5.96. The summed E-state index contributed by atoms with van der Waals surface area (Å²) in [5.74, 6) is 0. The lowest BCUT2D eigenvalue weighted by atomic mass is 9.74. The molecule has 20 heavy (non-hydrogen) atoms. The Morgan fingerprint density at radius 3 is 1.70 bits per heavy atom. The highest BCUT2D eigenvalue weighted by atomic mass is 19.4. The van der Waals surface area contributed by atoms with E-state index < -0.39 is 11.7 Å². The summed E-state index contributed by atoms with van der Waals surface area (Å²) < 4.78 is 37.8. The Kier molecular flexibility index (Phi) is 3.89. The van der Waals surface area contributed by atoms with Crippen LogP contribution in [0.3, 0.4) is 0 Å². The van der Waals surface area contributed by atoms with Gasteiger partial charge in [0.2, 0.25) is 0 Å². The molecule has 0 saturated heterocycles. The van der Waals surface area contributed by atoms with Crippen LogP contribution in [0.5, 0.6) is 0 Å². The Morgan fingerprint density at radius 2 is 1.25 bits per heavy atom. The summed E-state index contributed by atoms with van der Waals surface area (Å²) in [6, 6.07) is 15.1. The van der Waals surface area contributed by atoms with Crippen molar-refractivity contribution in [3.05, 3.63) is 78.2 Å². The SMILES string of the molecule is [CH2]CC(C)(c1ccccc1)c1ccc(C(F)(F)F)cc1. The molecule has 0 bridgehead atoms. The van der Waals surface area contributed by atoms with Gasteiger partial charge in [-0.25, -0.2) is 0 Å². The van der Waals surface area contributed by atoms with Gasteiger partial charge in [0.05, 0.1) is 5.56 Å². The summed E-state index contributed by atoms with van der Waals surface area (Å²) in [4.78, 5) is 0. The van der Waals surface area contributed by atoms with Gasteiger partial charge in [0.25, 0.3) is 0 Å². The molecule has 2 aromatic carbocycles. The minimum atomic E-state index is -4.30. The normalized spacial score (nSPS) is 14.8. The van der Waals surface area contributed by atoms with Gasteiger partial charge < -0.3 is 0 Å². The lowest BCUT2D eigenvalue weighted by Crippen LogP contribution is -2.22. The first-order valence-corrected chi connectivity index (χ1v) is 6.40. The van der Waals surface area contributed by atoms with Crippen LogP contribution in [0.1, 0.15) is 30.0 Å². The van der Waals surface area contributed by atoms with Crippen molar-refractivity contribution >= 4 is 0 Å². The summed E-state index contributed by atoms with van der Waals surface area (Å²) in [7, 11) is 0. The number of alkyl halides is 3. The molecule has 3 heteroatoms. The molecular formula is C17H16F3. The van der Waals surface area contributed by atoms with E-state index in [1.54, 1.807) is 12.1 Å². The van der Waals surface area contributed by atoms with E-state index >= 15 is 0 Å². The van der Waals surface area contributed by atoms with Crippen LogP contribution >= 0.6 is 0 Å². The number of rotatable bonds is 3. The maximum atomic E-state index is 12.6. The predicted molar refractivity (Wildman–Crippen MR) is 74.3 cm³/mol. The molecule has 0 nitrogen and oxygen atoms in total. The zero-order chi connectivity index (χ0) is 14.8. The van der Waals surface area contributed by atoms with Crippen LogP contribution in [0.15, 0.2) is 54.6 Å². The second-order valence-corrected chi connectivity index (χ2v) is 5.02. The Hall–Kier alpha value is -1.77. The lowest BCUT2D eigenvalue weighted by molar-refractivity contribution is -0.137. The van der Waals surface area contributed by atoms with Crippen LogP contribution in [0, 0.1) is 6.92 Å². The Bertz CT molecular complexity index is 555. The average Bonchev–Trinajstić information content (AvgIpc) is 2.46. The van der Waals surface area contributed by atoms with Gasteiger partial charge in [-0.15, -0.1) is 0 Å². The van der Waals surface area contributed by atoms with Crippen molar-refractivity contribution in [2.75, 3.05) is 0 Å². The van der Waals surface area contributed by atoms with Gasteiger partial charge in [0.15, 0.2) is 0 Å². The fourth-order valence-corrected chi connectivity index (χ4v) is 2.29. The molecule has 0 fully saturated rings. The predicted octanol–water partition coefficient (Wildman–Crippen LogP) is 5.24. The quantitative estimate of drug-likeness (QED) is 0.720. The molecule has 2 rings (SSSR count). The second-order valence-electron chi connectivity index (χ2n) is 5.02. The van der Waals surface area contributed by atoms with Crippen LogP contribution < -0.4 is 0 Å². The maximum absolute atomic E-state index is 12.6. The van der Waals surface area contributed by atoms with Crippen molar-refractivity contribution in [3.63, 3.8) is 0 Å². The third-order valence-electron chi connectivity index (χ3n) is 3.76. The molecule has 0 N–H and O–H groups in total. The Balaban J connectivity index is 2.43.